The van der Waals surface area contributed by atoms with Gasteiger partial charge in [0, 0.05) is 16.1 Å². The number of fused-ring (bicyclic) bond motifs is 1. The fourth-order valence-corrected chi connectivity index (χ4v) is 2.39. The first kappa shape index (κ1) is 18.7. The van der Waals surface area contributed by atoms with Crippen LogP contribution in [0, 0.1) is 0 Å². The molecule has 0 aliphatic carbocycles. The van der Waals surface area contributed by atoms with Crippen molar-refractivity contribution in [2.24, 2.45) is 5.16 Å². The number of carbonyl (C=O) groups excluding carboxylic acids is 2. The topological polar surface area (TPSA) is 83.4 Å². The van der Waals surface area contributed by atoms with Crippen molar-refractivity contribution in [2.75, 3.05) is 20.0 Å². The number of halogens is 1. The third-order valence-corrected chi connectivity index (χ3v) is 3.96. The molecule has 1 aliphatic rings. The summed E-state index contributed by atoms with van der Waals surface area (Å²) in [6.07, 6.45) is 0. The van der Waals surface area contributed by atoms with Crippen molar-refractivity contribution in [3.63, 3.8) is 0 Å². The minimum atomic E-state index is -0.695. The first-order valence-corrected chi connectivity index (χ1v) is 8.41. The van der Waals surface area contributed by atoms with Gasteiger partial charge < -0.3 is 19.0 Å². The molecule has 7 nitrogen and oxygen atoms in total. The van der Waals surface area contributed by atoms with Crippen LogP contribution < -0.4 is 9.47 Å². The van der Waals surface area contributed by atoms with Crippen LogP contribution in [0.3, 0.4) is 0 Å². The van der Waals surface area contributed by atoms with Crippen LogP contribution in [-0.4, -0.2) is 37.5 Å². The summed E-state index contributed by atoms with van der Waals surface area (Å²) in [5, 5.41) is 4.40. The van der Waals surface area contributed by atoms with Gasteiger partial charge in [-0.25, -0.2) is 4.79 Å². The SMILES string of the molecule is C/C(=N/OCC(=O)OCC(=O)c1ccc(Cl)cc1)c1ccc2c(c1)OCO2. The maximum atomic E-state index is 11.9. The van der Waals surface area contributed by atoms with Crippen LogP contribution in [-0.2, 0) is 14.4 Å². The Labute approximate surface area is 160 Å². The third-order valence-electron chi connectivity index (χ3n) is 3.70. The van der Waals surface area contributed by atoms with Crippen molar-refractivity contribution < 1.29 is 28.6 Å². The maximum absolute atomic E-state index is 11.9. The fraction of sp³-hybridized carbons (Fsp3) is 0.211. The predicted molar refractivity (Wildman–Crippen MR) is 97.5 cm³/mol. The number of rotatable bonds is 7. The van der Waals surface area contributed by atoms with Gasteiger partial charge in [0.05, 0.1) is 5.71 Å². The van der Waals surface area contributed by atoms with Crippen molar-refractivity contribution in [1.29, 1.82) is 0 Å². The van der Waals surface area contributed by atoms with E-state index in [0.717, 1.165) is 5.56 Å². The third kappa shape index (κ3) is 4.98. The molecule has 0 saturated heterocycles. The van der Waals surface area contributed by atoms with Crippen LogP contribution in [0.5, 0.6) is 11.5 Å². The van der Waals surface area contributed by atoms with Crippen LogP contribution in [0.4, 0.5) is 0 Å². The van der Waals surface area contributed by atoms with E-state index in [2.05, 4.69) is 5.16 Å². The molecule has 0 amide bonds. The second-order valence-corrected chi connectivity index (χ2v) is 6.05. The summed E-state index contributed by atoms with van der Waals surface area (Å²) in [7, 11) is 0. The lowest BCUT2D eigenvalue weighted by molar-refractivity contribution is -0.147. The summed E-state index contributed by atoms with van der Waals surface area (Å²) in [6.45, 7) is 1.13. The molecule has 2 aromatic carbocycles. The Morgan fingerprint density at radius 2 is 1.74 bits per heavy atom. The second-order valence-electron chi connectivity index (χ2n) is 5.61. The van der Waals surface area contributed by atoms with Gasteiger partial charge in [0.15, 0.2) is 23.9 Å². The van der Waals surface area contributed by atoms with Gasteiger partial charge in [-0.1, -0.05) is 16.8 Å². The molecule has 0 N–H and O–H groups in total. The van der Waals surface area contributed by atoms with Gasteiger partial charge in [-0.2, -0.15) is 0 Å². The molecule has 8 heteroatoms. The molecule has 0 unspecified atom stereocenters. The van der Waals surface area contributed by atoms with E-state index in [0.29, 0.717) is 27.8 Å². The van der Waals surface area contributed by atoms with Crippen LogP contribution in [0.15, 0.2) is 47.6 Å². The molecule has 0 atom stereocenters. The largest absolute Gasteiger partial charge is 0.455 e. The summed E-state index contributed by atoms with van der Waals surface area (Å²) in [5.74, 6) is 0.267. The van der Waals surface area contributed by atoms with E-state index in [-0.39, 0.29) is 19.2 Å². The van der Waals surface area contributed by atoms with Gasteiger partial charge in [0.25, 0.3) is 0 Å². The predicted octanol–water partition coefficient (Wildman–Crippen LogP) is 3.24. The summed E-state index contributed by atoms with van der Waals surface area (Å²) >= 11 is 5.76. The highest BCUT2D eigenvalue weighted by Crippen LogP contribution is 2.32. The quantitative estimate of drug-likeness (QED) is 0.313. The van der Waals surface area contributed by atoms with E-state index < -0.39 is 12.6 Å². The first-order chi connectivity index (χ1) is 13.0. The molecule has 2 aromatic rings. The molecule has 0 saturated carbocycles. The Morgan fingerprint density at radius 1 is 1.04 bits per heavy atom. The minimum Gasteiger partial charge on any atom is -0.455 e. The molecule has 3 rings (SSSR count). The van der Waals surface area contributed by atoms with Crippen molar-refractivity contribution >= 4 is 29.1 Å². The second kappa shape index (κ2) is 8.55. The highest BCUT2D eigenvalue weighted by molar-refractivity contribution is 6.30. The lowest BCUT2D eigenvalue weighted by atomic mass is 10.1. The van der Waals surface area contributed by atoms with E-state index >= 15 is 0 Å². The minimum absolute atomic E-state index is 0.187. The average molecular weight is 390 g/mol. The van der Waals surface area contributed by atoms with Gasteiger partial charge in [-0.05, 0) is 49.4 Å². The molecule has 0 aromatic heterocycles. The van der Waals surface area contributed by atoms with Gasteiger partial charge in [-0.15, -0.1) is 0 Å². The highest BCUT2D eigenvalue weighted by atomic mass is 35.5. The van der Waals surface area contributed by atoms with E-state index in [9.17, 15) is 9.59 Å². The van der Waals surface area contributed by atoms with E-state index in [1.807, 2.05) is 0 Å². The van der Waals surface area contributed by atoms with Gasteiger partial charge in [-0.3, -0.25) is 4.79 Å². The van der Waals surface area contributed by atoms with Gasteiger partial charge >= 0.3 is 5.97 Å². The average Bonchev–Trinajstić information content (AvgIpc) is 3.14. The fourth-order valence-electron chi connectivity index (χ4n) is 2.26. The normalized spacial score (nSPS) is 12.6. The maximum Gasteiger partial charge on any atom is 0.347 e. The molecule has 0 bridgehead atoms. The Kier molecular flexibility index (Phi) is 5.93. The van der Waals surface area contributed by atoms with Crippen LogP contribution >= 0.6 is 11.6 Å². The lowest BCUT2D eigenvalue weighted by Gasteiger charge is -2.05. The van der Waals surface area contributed by atoms with Gasteiger partial charge in [0.2, 0.25) is 13.4 Å². The van der Waals surface area contributed by atoms with Crippen LogP contribution in [0.2, 0.25) is 5.02 Å². The standard InChI is InChI=1S/C19H16ClNO6/c1-12(14-4-7-17-18(8-14)26-11-25-17)21-27-10-19(23)24-9-16(22)13-2-5-15(20)6-3-13/h2-8H,9-11H2,1H3/b21-12-. The Morgan fingerprint density at radius 3 is 2.52 bits per heavy atom. The van der Waals surface area contributed by atoms with Crippen LogP contribution in [0.25, 0.3) is 0 Å². The molecule has 1 heterocycles. The van der Waals surface area contributed by atoms with Crippen molar-refractivity contribution in [3.05, 3.63) is 58.6 Å². The number of carbonyl (C=O) groups is 2. The van der Waals surface area contributed by atoms with E-state index in [1.165, 1.54) is 0 Å². The highest BCUT2D eigenvalue weighted by Gasteiger charge is 2.14. The number of Topliss-reactive ketones (excluding diaryl/α,β-unsaturated/α-hetero) is 1. The summed E-state index contributed by atoms with van der Waals surface area (Å²) in [4.78, 5) is 28.6. The van der Waals surface area contributed by atoms with E-state index in [4.69, 9.17) is 30.6 Å². The Bertz CT molecular complexity index is 878. The zero-order valence-electron chi connectivity index (χ0n) is 14.4. The molecule has 27 heavy (non-hydrogen) atoms. The lowest BCUT2D eigenvalue weighted by Crippen LogP contribution is -2.17. The number of ketones is 1. The number of hydrogen-bond acceptors (Lipinski definition) is 7. The zero-order chi connectivity index (χ0) is 19.2. The Hall–Kier alpha value is -3.06. The number of hydrogen-bond donors (Lipinski definition) is 0. The smallest absolute Gasteiger partial charge is 0.347 e. The number of esters is 1. The summed E-state index contributed by atoms with van der Waals surface area (Å²) < 4.78 is 15.4. The number of oxime groups is 1. The summed E-state index contributed by atoms with van der Waals surface area (Å²) in [5.41, 5.74) is 1.73. The van der Waals surface area contributed by atoms with Crippen LogP contribution in [0.1, 0.15) is 22.8 Å². The molecule has 1 aliphatic heterocycles. The number of nitrogens with zero attached hydrogens (tertiary/aromatic N) is 1. The van der Waals surface area contributed by atoms with E-state index in [1.54, 1.807) is 49.4 Å². The van der Waals surface area contributed by atoms with Crippen molar-refractivity contribution in [2.45, 2.75) is 6.92 Å². The monoisotopic (exact) mass is 389 g/mol. The van der Waals surface area contributed by atoms with Gasteiger partial charge in [0.1, 0.15) is 0 Å². The molecular formula is C19H16ClNO6. The molecule has 0 spiro atoms. The molecule has 140 valence electrons. The van der Waals surface area contributed by atoms with Crippen molar-refractivity contribution in [3.8, 4) is 11.5 Å². The summed E-state index contributed by atoms with van der Waals surface area (Å²) in [6, 6.07) is 11.7. The molecular weight excluding hydrogens is 374 g/mol. The molecule has 0 fully saturated rings. The number of ether oxygens (including phenoxy) is 3. The first-order valence-electron chi connectivity index (χ1n) is 8.04. The Balaban J connectivity index is 1.45. The van der Waals surface area contributed by atoms with Crippen molar-refractivity contribution in [1.82, 2.24) is 0 Å². The zero-order valence-corrected chi connectivity index (χ0v) is 15.2. The number of benzene rings is 2. The molecule has 0 radical (unpaired) electrons.